The lowest BCUT2D eigenvalue weighted by molar-refractivity contribution is -0.130. The second-order valence-electron chi connectivity index (χ2n) is 6.80. The Morgan fingerprint density at radius 1 is 1.14 bits per heavy atom. The van der Waals surface area contributed by atoms with Crippen LogP contribution in [0.2, 0.25) is 5.02 Å². The highest BCUT2D eigenvalue weighted by Gasteiger charge is 2.33. The molecule has 1 atom stereocenters. The van der Waals surface area contributed by atoms with Crippen LogP contribution in [-0.2, 0) is 21.1 Å². The molecule has 2 aromatic carbocycles. The van der Waals surface area contributed by atoms with Crippen molar-refractivity contribution in [1.82, 2.24) is 4.90 Å². The molecule has 28 heavy (non-hydrogen) atoms. The zero-order chi connectivity index (χ0) is 20.1. The smallest absolute Gasteiger partial charge is 0.227 e. The Kier molecular flexibility index (Phi) is 6.62. The van der Waals surface area contributed by atoms with Crippen LogP contribution in [0.25, 0.3) is 0 Å². The molecule has 150 valence electrons. The summed E-state index contributed by atoms with van der Waals surface area (Å²) in [5.74, 6) is 0.638. The molecule has 0 bridgehead atoms. The van der Waals surface area contributed by atoms with Gasteiger partial charge in [0.25, 0.3) is 0 Å². The summed E-state index contributed by atoms with van der Waals surface area (Å²) in [6.07, 6.45) is 0.588. The maximum Gasteiger partial charge on any atom is 0.227 e. The monoisotopic (exact) mass is 421 g/mol. The Hall–Kier alpha value is -2.05. The van der Waals surface area contributed by atoms with Crippen LogP contribution in [0.5, 0.6) is 5.75 Å². The van der Waals surface area contributed by atoms with Crippen LogP contribution in [0.3, 0.4) is 0 Å². The first-order chi connectivity index (χ1) is 13.4. The second kappa shape index (κ2) is 8.97. The van der Waals surface area contributed by atoms with Crippen LogP contribution >= 0.6 is 11.6 Å². The summed E-state index contributed by atoms with van der Waals surface area (Å²) in [6.45, 7) is 3.11. The average Bonchev–Trinajstić information content (AvgIpc) is 2.82. The molecule has 0 radical (unpaired) electrons. The maximum absolute atomic E-state index is 12.8. The van der Waals surface area contributed by atoms with Crippen molar-refractivity contribution < 1.29 is 17.9 Å². The molecule has 0 saturated carbocycles. The Labute approximate surface area is 171 Å². The van der Waals surface area contributed by atoms with Crippen LogP contribution in [0.1, 0.15) is 29.7 Å². The van der Waals surface area contributed by atoms with Gasteiger partial charge >= 0.3 is 0 Å². The number of amides is 1. The number of benzene rings is 2. The fourth-order valence-corrected chi connectivity index (χ4v) is 5.58. The Morgan fingerprint density at radius 2 is 1.86 bits per heavy atom. The van der Waals surface area contributed by atoms with E-state index in [4.69, 9.17) is 16.3 Å². The van der Waals surface area contributed by atoms with Gasteiger partial charge in [-0.05, 0) is 42.7 Å². The summed E-state index contributed by atoms with van der Waals surface area (Å²) in [6, 6.07) is 14.4. The lowest BCUT2D eigenvalue weighted by Gasteiger charge is -2.20. The summed E-state index contributed by atoms with van der Waals surface area (Å²) in [5, 5.41) is -0.227. The molecule has 1 aliphatic rings. The van der Waals surface area contributed by atoms with Crippen molar-refractivity contribution in [2.45, 2.75) is 25.0 Å². The largest absolute Gasteiger partial charge is 0.494 e. The van der Waals surface area contributed by atoms with Crippen molar-refractivity contribution in [3.63, 3.8) is 0 Å². The number of halogens is 1. The van der Waals surface area contributed by atoms with Crippen molar-refractivity contribution in [2.75, 3.05) is 25.4 Å². The molecule has 1 fully saturated rings. The van der Waals surface area contributed by atoms with E-state index in [-0.39, 0.29) is 24.6 Å². The molecule has 0 aromatic heterocycles. The normalized spacial score (nSPS) is 19.1. The van der Waals surface area contributed by atoms with Crippen LogP contribution < -0.4 is 4.74 Å². The third-order valence-corrected chi connectivity index (χ3v) is 7.39. The van der Waals surface area contributed by atoms with Gasteiger partial charge in [-0.1, -0.05) is 41.9 Å². The molecule has 2 aromatic rings. The zero-order valence-corrected chi connectivity index (χ0v) is 17.4. The molecule has 0 N–H and O–H groups in total. The number of carbonyl (C=O) groups excluding carboxylic acids is 1. The lowest BCUT2D eigenvalue weighted by Crippen LogP contribution is -2.34. The minimum absolute atomic E-state index is 0.0576. The van der Waals surface area contributed by atoms with Crippen molar-refractivity contribution in [3.05, 3.63) is 64.7 Å². The topological polar surface area (TPSA) is 63.7 Å². The van der Waals surface area contributed by atoms with Gasteiger partial charge < -0.3 is 9.64 Å². The van der Waals surface area contributed by atoms with Crippen LogP contribution in [-0.4, -0.2) is 44.7 Å². The Bertz CT molecular complexity index is 928. The molecule has 0 aliphatic carbocycles. The van der Waals surface area contributed by atoms with Crippen LogP contribution in [0, 0.1) is 0 Å². The van der Waals surface area contributed by atoms with Gasteiger partial charge in [-0.25, -0.2) is 8.42 Å². The minimum atomic E-state index is -3.38. The predicted octanol–water partition coefficient (Wildman–Crippen LogP) is 3.67. The van der Waals surface area contributed by atoms with E-state index in [9.17, 15) is 13.2 Å². The lowest BCUT2D eigenvalue weighted by atomic mass is 10.1. The van der Waals surface area contributed by atoms with Gasteiger partial charge in [-0.15, -0.1) is 0 Å². The van der Waals surface area contributed by atoms with E-state index >= 15 is 0 Å². The van der Waals surface area contributed by atoms with E-state index in [1.165, 1.54) is 0 Å². The van der Waals surface area contributed by atoms with Gasteiger partial charge in [0.1, 0.15) is 5.75 Å². The fourth-order valence-electron chi connectivity index (χ4n) is 3.44. The van der Waals surface area contributed by atoms with Gasteiger partial charge in [-0.2, -0.15) is 0 Å². The van der Waals surface area contributed by atoms with Gasteiger partial charge in [0.15, 0.2) is 9.84 Å². The molecule has 3 rings (SSSR count). The number of nitrogens with zero attached hydrogens (tertiary/aromatic N) is 1. The molecule has 0 unspecified atom stereocenters. The summed E-state index contributed by atoms with van der Waals surface area (Å²) >= 11 is 6.22. The molecule has 1 aliphatic heterocycles. The molecular formula is C21H24ClNO4S. The third kappa shape index (κ3) is 4.86. The Balaban J connectivity index is 1.70. The van der Waals surface area contributed by atoms with E-state index in [0.29, 0.717) is 30.2 Å². The second-order valence-corrected chi connectivity index (χ2v) is 9.51. The number of rotatable bonds is 5. The van der Waals surface area contributed by atoms with Gasteiger partial charge in [0.2, 0.25) is 5.91 Å². The first-order valence-corrected chi connectivity index (χ1v) is 11.5. The first-order valence-electron chi connectivity index (χ1n) is 9.36. The van der Waals surface area contributed by atoms with E-state index < -0.39 is 15.1 Å². The van der Waals surface area contributed by atoms with Crippen molar-refractivity contribution in [1.29, 1.82) is 0 Å². The van der Waals surface area contributed by atoms with Crippen LogP contribution in [0.4, 0.5) is 0 Å². The van der Waals surface area contributed by atoms with E-state index in [1.54, 1.807) is 29.2 Å². The number of carbonyl (C=O) groups is 1. The average molecular weight is 422 g/mol. The number of hydrogen-bond donors (Lipinski definition) is 0. The molecule has 7 heteroatoms. The molecular weight excluding hydrogens is 398 g/mol. The number of ether oxygens (including phenoxy) is 1. The van der Waals surface area contributed by atoms with Crippen molar-refractivity contribution in [3.8, 4) is 5.75 Å². The van der Waals surface area contributed by atoms with E-state index in [1.807, 2.05) is 31.2 Å². The minimum Gasteiger partial charge on any atom is -0.494 e. The number of sulfone groups is 1. The molecule has 1 heterocycles. The molecule has 5 nitrogen and oxygen atoms in total. The number of hydrogen-bond acceptors (Lipinski definition) is 4. The van der Waals surface area contributed by atoms with Gasteiger partial charge in [0, 0.05) is 18.1 Å². The summed E-state index contributed by atoms with van der Waals surface area (Å²) in [7, 11) is -3.38. The summed E-state index contributed by atoms with van der Waals surface area (Å²) < 4.78 is 31.0. The highest BCUT2D eigenvalue weighted by atomic mass is 35.5. The van der Waals surface area contributed by atoms with Crippen molar-refractivity contribution in [2.24, 2.45) is 0 Å². The molecule has 1 saturated heterocycles. The summed E-state index contributed by atoms with van der Waals surface area (Å²) in [4.78, 5) is 14.4. The molecule has 1 amide bonds. The van der Waals surface area contributed by atoms with Gasteiger partial charge in [0.05, 0.1) is 24.0 Å². The molecule has 0 spiro atoms. The van der Waals surface area contributed by atoms with Crippen molar-refractivity contribution >= 4 is 27.3 Å². The van der Waals surface area contributed by atoms with Gasteiger partial charge in [-0.3, -0.25) is 4.79 Å². The SMILES string of the molecule is CCOc1ccc(CC(=O)N2CC[C@H](c3ccccc3Cl)S(=O)(=O)CC2)cc1. The van der Waals surface area contributed by atoms with E-state index in [2.05, 4.69) is 0 Å². The quantitative estimate of drug-likeness (QED) is 0.738. The highest BCUT2D eigenvalue weighted by molar-refractivity contribution is 7.91. The van der Waals surface area contributed by atoms with E-state index in [0.717, 1.165) is 11.3 Å². The fraction of sp³-hybridized carbons (Fsp3) is 0.381. The van der Waals surface area contributed by atoms with Crippen LogP contribution in [0.15, 0.2) is 48.5 Å². The summed E-state index contributed by atoms with van der Waals surface area (Å²) in [5.41, 5.74) is 1.49. The Morgan fingerprint density at radius 3 is 2.54 bits per heavy atom. The predicted molar refractivity (Wildman–Crippen MR) is 110 cm³/mol. The maximum atomic E-state index is 12.8. The standard InChI is InChI=1S/C21H24ClNO4S/c1-2-27-17-9-7-16(8-10-17)15-21(24)23-12-11-20(28(25,26)14-13-23)18-5-3-4-6-19(18)22/h3-10,20H,2,11-15H2,1H3/t20-/m1/s1. The third-order valence-electron chi connectivity index (χ3n) is 4.93. The first kappa shape index (κ1) is 20.7. The zero-order valence-electron chi connectivity index (χ0n) is 15.8. The highest BCUT2D eigenvalue weighted by Crippen LogP contribution is 2.33.